The molecule has 2 aromatic carbocycles. The van der Waals surface area contributed by atoms with Gasteiger partial charge in [0.05, 0.1) is 11.4 Å². The smallest absolute Gasteiger partial charge is 0.271 e. The predicted octanol–water partition coefficient (Wildman–Crippen LogP) is 3.12. The summed E-state index contributed by atoms with van der Waals surface area (Å²) in [6.45, 7) is 1.11. The molecule has 1 fully saturated rings. The van der Waals surface area contributed by atoms with Crippen LogP contribution in [0.2, 0.25) is 0 Å². The molecule has 2 aromatic rings. The number of hydrogen-bond acceptors (Lipinski definition) is 5. The number of benzene rings is 2. The molecule has 1 N–H and O–H groups in total. The summed E-state index contributed by atoms with van der Waals surface area (Å²) in [5, 5.41) is 8.08. The SMILES string of the molecule is O=C(Nc1cccc(S(=O)(=O)N2CCCCC2)c1)C1=NN(Cc2ccc(F)cc2)C(=O)CC1. The van der Waals surface area contributed by atoms with E-state index in [9.17, 15) is 22.4 Å². The maximum atomic E-state index is 13.1. The van der Waals surface area contributed by atoms with Crippen LogP contribution in [0, 0.1) is 5.82 Å². The first-order chi connectivity index (χ1) is 15.8. The molecule has 2 amide bonds. The van der Waals surface area contributed by atoms with Gasteiger partial charge in [-0.15, -0.1) is 0 Å². The Morgan fingerprint density at radius 2 is 1.76 bits per heavy atom. The molecule has 4 rings (SSSR count). The summed E-state index contributed by atoms with van der Waals surface area (Å²) in [4.78, 5) is 25.2. The average molecular weight is 473 g/mol. The molecule has 0 saturated carbocycles. The first-order valence-corrected chi connectivity index (χ1v) is 12.3. The Kier molecular flexibility index (Phi) is 6.85. The molecule has 2 heterocycles. The van der Waals surface area contributed by atoms with Crippen molar-refractivity contribution >= 4 is 33.2 Å². The second kappa shape index (κ2) is 9.80. The Hall–Kier alpha value is -3.11. The molecule has 0 aliphatic carbocycles. The summed E-state index contributed by atoms with van der Waals surface area (Å²) in [5.74, 6) is -1.11. The third-order valence-corrected chi connectivity index (χ3v) is 7.55. The number of hydrogen-bond donors (Lipinski definition) is 1. The molecule has 1 saturated heterocycles. The van der Waals surface area contributed by atoms with Gasteiger partial charge in [0.2, 0.25) is 15.9 Å². The molecule has 0 bridgehead atoms. The number of hydrazone groups is 1. The van der Waals surface area contributed by atoms with E-state index in [-0.39, 0.29) is 41.7 Å². The van der Waals surface area contributed by atoms with E-state index in [4.69, 9.17) is 0 Å². The predicted molar refractivity (Wildman–Crippen MR) is 121 cm³/mol. The van der Waals surface area contributed by atoms with Gasteiger partial charge in [-0.05, 0) is 48.7 Å². The van der Waals surface area contributed by atoms with Gasteiger partial charge >= 0.3 is 0 Å². The topological polar surface area (TPSA) is 99.2 Å². The molecule has 2 aliphatic heterocycles. The molecule has 0 aromatic heterocycles. The second-order valence-electron chi connectivity index (χ2n) is 8.07. The lowest BCUT2D eigenvalue weighted by Gasteiger charge is -2.26. The standard InChI is InChI=1S/C23H25FN4O4S/c24-18-9-7-17(8-10-18)16-28-22(29)12-11-21(26-28)23(30)25-19-5-4-6-20(15-19)33(31,32)27-13-2-1-3-14-27/h4-10,15H,1-3,11-14,16H2,(H,25,30). The lowest BCUT2D eigenvalue weighted by molar-refractivity contribution is -0.132. The molecule has 174 valence electrons. The van der Waals surface area contributed by atoms with Crippen LogP contribution in [0.4, 0.5) is 10.1 Å². The zero-order valence-electron chi connectivity index (χ0n) is 18.0. The van der Waals surface area contributed by atoms with Gasteiger partial charge in [-0.2, -0.15) is 9.41 Å². The number of carbonyl (C=O) groups is 2. The summed E-state index contributed by atoms with van der Waals surface area (Å²) in [6.07, 6.45) is 2.99. The molecular weight excluding hydrogens is 447 g/mol. The van der Waals surface area contributed by atoms with Crippen LogP contribution in [0.1, 0.15) is 37.7 Å². The van der Waals surface area contributed by atoms with Gasteiger partial charge in [-0.1, -0.05) is 24.6 Å². The molecule has 0 atom stereocenters. The van der Waals surface area contributed by atoms with Crippen molar-refractivity contribution in [2.24, 2.45) is 5.10 Å². The first-order valence-electron chi connectivity index (χ1n) is 10.9. The highest BCUT2D eigenvalue weighted by molar-refractivity contribution is 7.89. The number of anilines is 1. The number of sulfonamides is 1. The fourth-order valence-electron chi connectivity index (χ4n) is 3.84. The Morgan fingerprint density at radius 3 is 2.48 bits per heavy atom. The number of amides is 2. The van der Waals surface area contributed by atoms with Crippen molar-refractivity contribution in [3.8, 4) is 0 Å². The van der Waals surface area contributed by atoms with Crippen LogP contribution in [0.15, 0.2) is 58.5 Å². The highest BCUT2D eigenvalue weighted by atomic mass is 32.2. The van der Waals surface area contributed by atoms with Crippen LogP contribution >= 0.6 is 0 Å². The first kappa shape index (κ1) is 23.1. The molecule has 33 heavy (non-hydrogen) atoms. The van der Waals surface area contributed by atoms with Gasteiger partial charge in [-0.3, -0.25) is 9.59 Å². The molecule has 0 spiro atoms. The van der Waals surface area contributed by atoms with Crippen LogP contribution in [0.3, 0.4) is 0 Å². The van der Waals surface area contributed by atoms with Gasteiger partial charge in [0.1, 0.15) is 11.5 Å². The zero-order valence-corrected chi connectivity index (χ0v) is 18.9. The zero-order chi connectivity index (χ0) is 23.4. The van der Waals surface area contributed by atoms with Crippen LogP contribution in [-0.4, -0.2) is 48.3 Å². The van der Waals surface area contributed by atoms with Gasteiger partial charge in [0.25, 0.3) is 5.91 Å². The fraction of sp³-hybridized carbons (Fsp3) is 0.348. The van der Waals surface area contributed by atoms with Gasteiger partial charge in [-0.25, -0.2) is 17.8 Å². The van der Waals surface area contributed by atoms with E-state index in [1.54, 1.807) is 24.3 Å². The van der Waals surface area contributed by atoms with Crippen LogP contribution in [0.5, 0.6) is 0 Å². The third kappa shape index (κ3) is 5.45. The van der Waals surface area contributed by atoms with Gasteiger partial charge < -0.3 is 5.32 Å². The quantitative estimate of drug-likeness (QED) is 0.698. The van der Waals surface area contributed by atoms with Crippen LogP contribution in [0.25, 0.3) is 0 Å². The van der Waals surface area contributed by atoms with Gasteiger partial charge in [0, 0.05) is 31.6 Å². The summed E-state index contributed by atoms with van der Waals surface area (Å²) >= 11 is 0. The maximum absolute atomic E-state index is 13.1. The van der Waals surface area contributed by atoms with E-state index in [1.807, 2.05) is 0 Å². The highest BCUT2D eigenvalue weighted by Gasteiger charge is 2.27. The van der Waals surface area contributed by atoms with Crippen molar-refractivity contribution in [1.29, 1.82) is 0 Å². The fourth-order valence-corrected chi connectivity index (χ4v) is 5.41. The van der Waals surface area contributed by atoms with Crippen molar-refractivity contribution in [3.05, 3.63) is 59.9 Å². The van der Waals surface area contributed by atoms with E-state index < -0.39 is 15.9 Å². The highest BCUT2D eigenvalue weighted by Crippen LogP contribution is 2.23. The lowest BCUT2D eigenvalue weighted by atomic mass is 10.1. The Labute approximate surface area is 192 Å². The second-order valence-corrected chi connectivity index (χ2v) is 10.0. The number of piperidine rings is 1. The largest absolute Gasteiger partial charge is 0.321 e. The Morgan fingerprint density at radius 1 is 1.03 bits per heavy atom. The lowest BCUT2D eigenvalue weighted by Crippen LogP contribution is -2.36. The van der Waals surface area contributed by atoms with E-state index in [0.29, 0.717) is 24.3 Å². The van der Waals surface area contributed by atoms with Gasteiger partial charge in [0.15, 0.2) is 0 Å². The van der Waals surface area contributed by atoms with Crippen molar-refractivity contribution in [2.45, 2.75) is 43.5 Å². The normalized spacial score (nSPS) is 17.5. The minimum Gasteiger partial charge on any atom is -0.321 e. The minimum absolute atomic E-state index is 0.122. The number of halogens is 1. The number of nitrogens with one attached hydrogen (secondary N) is 1. The average Bonchev–Trinajstić information content (AvgIpc) is 2.82. The summed E-state index contributed by atoms with van der Waals surface area (Å²) in [7, 11) is -3.63. The van der Waals surface area contributed by atoms with Crippen molar-refractivity contribution in [2.75, 3.05) is 18.4 Å². The van der Waals surface area contributed by atoms with Crippen LogP contribution in [-0.2, 0) is 26.2 Å². The number of carbonyl (C=O) groups excluding carboxylic acids is 2. The summed E-state index contributed by atoms with van der Waals surface area (Å²) in [6, 6.07) is 11.9. The van der Waals surface area contributed by atoms with Crippen molar-refractivity contribution < 1.29 is 22.4 Å². The van der Waals surface area contributed by atoms with E-state index >= 15 is 0 Å². The molecule has 10 heteroatoms. The molecule has 2 aliphatic rings. The number of rotatable bonds is 6. The molecule has 8 nitrogen and oxygen atoms in total. The van der Waals surface area contributed by atoms with Crippen molar-refractivity contribution in [1.82, 2.24) is 9.31 Å². The van der Waals surface area contributed by atoms with E-state index in [2.05, 4.69) is 10.4 Å². The third-order valence-electron chi connectivity index (χ3n) is 5.66. The Bertz CT molecular complexity index is 1180. The summed E-state index contributed by atoms with van der Waals surface area (Å²) in [5.41, 5.74) is 1.19. The van der Waals surface area contributed by atoms with E-state index in [0.717, 1.165) is 19.3 Å². The maximum Gasteiger partial charge on any atom is 0.271 e. The summed E-state index contributed by atoms with van der Waals surface area (Å²) < 4.78 is 40.4. The molecule has 0 radical (unpaired) electrons. The Balaban J connectivity index is 1.47. The monoisotopic (exact) mass is 472 g/mol. The van der Waals surface area contributed by atoms with E-state index in [1.165, 1.54) is 33.6 Å². The molecular formula is C23H25FN4O4S. The minimum atomic E-state index is -3.63. The number of nitrogens with zero attached hydrogens (tertiary/aromatic N) is 3. The molecule has 0 unspecified atom stereocenters. The van der Waals surface area contributed by atoms with Crippen LogP contribution < -0.4 is 5.32 Å². The van der Waals surface area contributed by atoms with Crippen molar-refractivity contribution in [3.63, 3.8) is 0 Å².